The highest BCUT2D eigenvalue weighted by atomic mass is 79.9. The number of nitrogens with one attached hydrogen (secondary N) is 2. The Morgan fingerprint density at radius 3 is 2.34 bits per heavy atom. The monoisotopic (exact) mass is 472 g/mol. The third-order valence-corrected chi connectivity index (χ3v) is 5.20. The summed E-state index contributed by atoms with van der Waals surface area (Å²) in [6.45, 7) is 4.50. The van der Waals surface area contributed by atoms with Crippen LogP contribution in [-0.4, -0.2) is 16.9 Å². The lowest BCUT2D eigenvalue weighted by Crippen LogP contribution is -2.37. The molecule has 1 aliphatic heterocycles. The summed E-state index contributed by atoms with van der Waals surface area (Å²) in [6, 6.07) is 4.93. The fourth-order valence-electron chi connectivity index (χ4n) is 3.27. The Labute approximate surface area is 172 Å². The number of pyridine rings is 1. The SMILES string of the molecule is CC(C)(C)C(=O)C1=C(C(F)(F)F)Nc2cc[nH]c(=O)c2C1c1ccc(F)c(Br)c1. The lowest BCUT2D eigenvalue weighted by atomic mass is 9.73. The molecule has 0 amide bonds. The predicted molar refractivity (Wildman–Crippen MR) is 104 cm³/mol. The summed E-state index contributed by atoms with van der Waals surface area (Å²) in [5.41, 5.74) is -3.49. The molecule has 0 aliphatic carbocycles. The second-order valence-electron chi connectivity index (χ2n) is 7.73. The molecule has 2 aromatic rings. The van der Waals surface area contributed by atoms with Crippen molar-refractivity contribution in [3.63, 3.8) is 0 Å². The number of aromatic nitrogens is 1. The van der Waals surface area contributed by atoms with Crippen LogP contribution >= 0.6 is 15.9 Å². The van der Waals surface area contributed by atoms with Crippen molar-refractivity contribution in [1.82, 2.24) is 4.98 Å². The van der Waals surface area contributed by atoms with Crippen LogP contribution in [-0.2, 0) is 4.79 Å². The molecule has 0 saturated carbocycles. The van der Waals surface area contributed by atoms with Gasteiger partial charge >= 0.3 is 6.18 Å². The number of benzene rings is 1. The number of ketones is 1. The third-order valence-electron chi connectivity index (χ3n) is 4.59. The minimum atomic E-state index is -4.87. The number of aromatic amines is 1. The van der Waals surface area contributed by atoms with Crippen molar-refractivity contribution in [2.45, 2.75) is 32.9 Å². The molecule has 9 heteroatoms. The van der Waals surface area contributed by atoms with Crippen molar-refractivity contribution < 1.29 is 22.4 Å². The van der Waals surface area contributed by atoms with E-state index in [1.165, 1.54) is 45.2 Å². The minimum absolute atomic E-state index is 0.0126. The number of H-pyrrole nitrogens is 1. The molecule has 2 heterocycles. The first kappa shape index (κ1) is 21.3. The Kier molecular flexibility index (Phi) is 5.23. The van der Waals surface area contributed by atoms with Crippen LogP contribution in [0.1, 0.15) is 37.8 Å². The maximum Gasteiger partial charge on any atom is 0.431 e. The van der Waals surface area contributed by atoms with Gasteiger partial charge < -0.3 is 10.3 Å². The van der Waals surface area contributed by atoms with E-state index in [4.69, 9.17) is 0 Å². The summed E-state index contributed by atoms with van der Waals surface area (Å²) in [6.07, 6.45) is -3.65. The summed E-state index contributed by atoms with van der Waals surface area (Å²) >= 11 is 3.02. The predicted octanol–water partition coefficient (Wildman–Crippen LogP) is 5.27. The number of rotatable bonds is 2. The number of alkyl halides is 3. The first-order valence-corrected chi connectivity index (χ1v) is 9.41. The van der Waals surface area contributed by atoms with Crippen molar-refractivity contribution >= 4 is 27.4 Å². The molecule has 0 radical (unpaired) electrons. The van der Waals surface area contributed by atoms with Gasteiger partial charge in [-0.05, 0) is 39.7 Å². The minimum Gasteiger partial charge on any atom is -0.351 e. The van der Waals surface area contributed by atoms with Gasteiger partial charge in [0.2, 0.25) is 0 Å². The number of carbonyl (C=O) groups is 1. The van der Waals surface area contributed by atoms with Crippen molar-refractivity contribution in [2.24, 2.45) is 5.41 Å². The molecule has 3 rings (SSSR count). The highest BCUT2D eigenvalue weighted by molar-refractivity contribution is 9.10. The van der Waals surface area contributed by atoms with E-state index >= 15 is 0 Å². The molecule has 0 spiro atoms. The number of allylic oxidation sites excluding steroid dienone is 2. The largest absolute Gasteiger partial charge is 0.431 e. The topological polar surface area (TPSA) is 62.0 Å². The Morgan fingerprint density at radius 2 is 1.79 bits per heavy atom. The van der Waals surface area contributed by atoms with Crippen LogP contribution in [0.3, 0.4) is 0 Å². The molecule has 1 aliphatic rings. The molecule has 0 bridgehead atoms. The summed E-state index contributed by atoms with van der Waals surface area (Å²) in [7, 11) is 0. The van der Waals surface area contributed by atoms with E-state index in [1.54, 1.807) is 0 Å². The number of anilines is 1. The van der Waals surface area contributed by atoms with E-state index in [0.717, 1.165) is 6.07 Å². The molecular formula is C20H17BrF4N2O2. The Balaban J connectivity index is 2.43. The fraction of sp³-hybridized carbons (Fsp3) is 0.300. The Bertz CT molecular complexity index is 1080. The molecule has 1 atom stereocenters. The van der Waals surface area contributed by atoms with E-state index in [2.05, 4.69) is 26.2 Å². The van der Waals surface area contributed by atoms with Gasteiger partial charge in [-0.15, -0.1) is 0 Å². The van der Waals surface area contributed by atoms with Crippen molar-refractivity contribution in [1.29, 1.82) is 0 Å². The van der Waals surface area contributed by atoms with Gasteiger partial charge in [0.05, 0.1) is 10.0 Å². The molecule has 0 saturated heterocycles. The van der Waals surface area contributed by atoms with Gasteiger partial charge in [0.25, 0.3) is 5.56 Å². The zero-order valence-corrected chi connectivity index (χ0v) is 17.3. The number of hydrogen-bond acceptors (Lipinski definition) is 3. The number of hydrogen-bond donors (Lipinski definition) is 2. The van der Waals surface area contributed by atoms with Gasteiger partial charge in [-0.1, -0.05) is 26.8 Å². The van der Waals surface area contributed by atoms with Crippen LogP contribution in [0.15, 0.2) is 51.0 Å². The maximum atomic E-state index is 13.9. The van der Waals surface area contributed by atoms with Crippen LogP contribution in [0.4, 0.5) is 23.2 Å². The lowest BCUT2D eigenvalue weighted by molar-refractivity contribution is -0.124. The molecule has 0 fully saturated rings. The van der Waals surface area contributed by atoms with Crippen LogP contribution in [0.2, 0.25) is 0 Å². The van der Waals surface area contributed by atoms with Gasteiger partial charge in [0, 0.05) is 28.8 Å². The second-order valence-corrected chi connectivity index (χ2v) is 8.59. The van der Waals surface area contributed by atoms with E-state index < -0.39 is 45.9 Å². The molecule has 1 unspecified atom stereocenters. The van der Waals surface area contributed by atoms with Gasteiger partial charge in [0.1, 0.15) is 11.5 Å². The zero-order chi connectivity index (χ0) is 21.7. The average Bonchev–Trinajstić information content (AvgIpc) is 2.60. The van der Waals surface area contributed by atoms with Crippen LogP contribution in [0.25, 0.3) is 0 Å². The van der Waals surface area contributed by atoms with Crippen molar-refractivity contribution in [3.8, 4) is 0 Å². The van der Waals surface area contributed by atoms with Crippen molar-refractivity contribution in [2.75, 3.05) is 5.32 Å². The quantitative estimate of drug-likeness (QED) is 0.585. The van der Waals surface area contributed by atoms with Gasteiger partial charge in [-0.25, -0.2) is 4.39 Å². The first-order valence-electron chi connectivity index (χ1n) is 8.62. The molecular weight excluding hydrogens is 456 g/mol. The van der Waals surface area contributed by atoms with E-state index in [0.29, 0.717) is 0 Å². The summed E-state index contributed by atoms with van der Waals surface area (Å²) < 4.78 is 55.6. The number of halogens is 5. The third kappa shape index (κ3) is 3.88. The zero-order valence-electron chi connectivity index (χ0n) is 15.7. The summed E-state index contributed by atoms with van der Waals surface area (Å²) in [5.74, 6) is -2.71. The molecule has 1 aromatic carbocycles. The number of carbonyl (C=O) groups excluding carboxylic acids is 1. The Morgan fingerprint density at radius 1 is 1.14 bits per heavy atom. The van der Waals surface area contributed by atoms with E-state index in [-0.39, 0.29) is 21.3 Å². The van der Waals surface area contributed by atoms with Crippen molar-refractivity contribution in [3.05, 3.63) is 73.5 Å². The van der Waals surface area contributed by atoms with Gasteiger partial charge in [-0.3, -0.25) is 9.59 Å². The number of fused-ring (bicyclic) bond motifs is 1. The molecule has 154 valence electrons. The van der Waals surface area contributed by atoms with Crippen LogP contribution in [0.5, 0.6) is 0 Å². The number of Topliss-reactive ketones (excluding diaryl/α,β-unsaturated/α-hetero) is 1. The molecule has 29 heavy (non-hydrogen) atoms. The molecule has 2 N–H and O–H groups in total. The van der Waals surface area contributed by atoms with Crippen LogP contribution < -0.4 is 10.9 Å². The molecule has 1 aromatic heterocycles. The summed E-state index contributed by atoms with van der Waals surface area (Å²) in [4.78, 5) is 28.2. The molecule has 4 nitrogen and oxygen atoms in total. The standard InChI is InChI=1S/C20H17BrF4N2O2/c1-19(2,3)17(28)15-13(9-4-5-11(22)10(21)8-9)14-12(6-7-26-18(14)29)27-16(15)20(23,24)25/h4-8,13,27H,1-3H3,(H,26,29). The van der Waals surface area contributed by atoms with Gasteiger partial charge in [-0.2, -0.15) is 13.2 Å². The Hall–Kier alpha value is -2.42. The van der Waals surface area contributed by atoms with Crippen LogP contribution in [0, 0.1) is 11.2 Å². The second kappa shape index (κ2) is 7.12. The average molecular weight is 473 g/mol. The lowest BCUT2D eigenvalue weighted by Gasteiger charge is -2.34. The first-order chi connectivity index (χ1) is 13.3. The van der Waals surface area contributed by atoms with Gasteiger partial charge in [0.15, 0.2) is 5.78 Å². The smallest absolute Gasteiger partial charge is 0.351 e. The maximum absolute atomic E-state index is 13.9. The van der Waals surface area contributed by atoms with E-state index in [1.807, 2.05) is 0 Å². The fourth-order valence-corrected chi connectivity index (χ4v) is 3.67. The highest BCUT2D eigenvalue weighted by Gasteiger charge is 2.47. The normalized spacial score (nSPS) is 17.0. The summed E-state index contributed by atoms with van der Waals surface area (Å²) in [5, 5.41) is 2.23. The van der Waals surface area contributed by atoms with E-state index in [9.17, 15) is 27.2 Å². The highest BCUT2D eigenvalue weighted by Crippen LogP contribution is 2.46.